The minimum Gasteiger partial charge on any atom is -0.468 e. The van der Waals surface area contributed by atoms with Gasteiger partial charge in [0, 0.05) is 10.7 Å². The summed E-state index contributed by atoms with van der Waals surface area (Å²) in [6.45, 7) is 5.66. The van der Waals surface area contributed by atoms with Crippen LogP contribution in [0.1, 0.15) is 19.4 Å². The maximum absolute atomic E-state index is 11.9. The van der Waals surface area contributed by atoms with E-state index >= 15 is 0 Å². The number of hydrogen-bond donors (Lipinski definition) is 2. The van der Waals surface area contributed by atoms with Gasteiger partial charge < -0.3 is 10.1 Å². The minimum absolute atomic E-state index is 0.0278. The monoisotopic (exact) mass is 312 g/mol. The van der Waals surface area contributed by atoms with Crippen LogP contribution in [0.2, 0.25) is 5.02 Å². The van der Waals surface area contributed by atoms with Crippen molar-refractivity contribution in [2.45, 2.75) is 26.8 Å². The molecular formula is C15H21ClN2O3. The van der Waals surface area contributed by atoms with E-state index in [1.54, 1.807) is 18.2 Å². The SMILES string of the molecule is COC(=O)C(NCC(=O)Nc1ccc(Cl)cc1C)C(C)C. The van der Waals surface area contributed by atoms with E-state index < -0.39 is 6.04 Å². The van der Waals surface area contributed by atoms with Crippen LogP contribution in [0.4, 0.5) is 5.69 Å². The summed E-state index contributed by atoms with van der Waals surface area (Å²) in [4.78, 5) is 23.5. The van der Waals surface area contributed by atoms with Gasteiger partial charge in [-0.15, -0.1) is 0 Å². The number of aryl methyl sites for hydroxylation is 1. The van der Waals surface area contributed by atoms with Gasteiger partial charge in [-0.3, -0.25) is 14.9 Å². The third kappa shape index (κ3) is 5.36. The van der Waals surface area contributed by atoms with E-state index in [4.69, 9.17) is 16.3 Å². The molecule has 1 aromatic rings. The third-order valence-corrected chi connectivity index (χ3v) is 3.30. The van der Waals surface area contributed by atoms with Gasteiger partial charge in [-0.2, -0.15) is 0 Å². The Labute approximate surface area is 130 Å². The number of carbonyl (C=O) groups excluding carboxylic acids is 2. The molecule has 0 heterocycles. The molecule has 0 radical (unpaired) electrons. The molecule has 0 aliphatic heterocycles. The van der Waals surface area contributed by atoms with Gasteiger partial charge in [0.1, 0.15) is 6.04 Å². The zero-order valence-electron chi connectivity index (χ0n) is 12.7. The molecule has 0 aromatic heterocycles. The number of nitrogens with one attached hydrogen (secondary N) is 2. The Morgan fingerprint density at radius 3 is 2.52 bits per heavy atom. The lowest BCUT2D eigenvalue weighted by Gasteiger charge is -2.19. The highest BCUT2D eigenvalue weighted by Gasteiger charge is 2.23. The summed E-state index contributed by atoms with van der Waals surface area (Å²) >= 11 is 5.87. The maximum Gasteiger partial charge on any atom is 0.323 e. The van der Waals surface area contributed by atoms with Crippen molar-refractivity contribution in [3.05, 3.63) is 28.8 Å². The van der Waals surface area contributed by atoms with E-state index in [0.29, 0.717) is 10.7 Å². The summed E-state index contributed by atoms with van der Waals surface area (Å²) < 4.78 is 4.71. The summed E-state index contributed by atoms with van der Waals surface area (Å²) in [6, 6.07) is 4.72. The van der Waals surface area contributed by atoms with Gasteiger partial charge in [-0.05, 0) is 36.6 Å². The molecule has 116 valence electrons. The van der Waals surface area contributed by atoms with Crippen molar-refractivity contribution in [1.82, 2.24) is 5.32 Å². The van der Waals surface area contributed by atoms with Crippen molar-refractivity contribution < 1.29 is 14.3 Å². The summed E-state index contributed by atoms with van der Waals surface area (Å²) in [5.74, 6) is -0.571. The molecule has 0 bridgehead atoms. The lowest BCUT2D eigenvalue weighted by molar-refractivity contribution is -0.144. The summed E-state index contributed by atoms with van der Waals surface area (Å²) in [6.07, 6.45) is 0. The highest BCUT2D eigenvalue weighted by atomic mass is 35.5. The second kappa shape index (κ2) is 8.00. The van der Waals surface area contributed by atoms with Crippen molar-refractivity contribution >= 4 is 29.2 Å². The standard InChI is InChI=1S/C15H21ClN2O3/c1-9(2)14(15(20)21-4)17-8-13(19)18-12-6-5-11(16)7-10(12)3/h5-7,9,14,17H,8H2,1-4H3,(H,18,19). The van der Waals surface area contributed by atoms with Crippen LogP contribution in [0.25, 0.3) is 0 Å². The van der Waals surface area contributed by atoms with E-state index in [1.807, 2.05) is 20.8 Å². The molecule has 2 N–H and O–H groups in total. The zero-order valence-corrected chi connectivity index (χ0v) is 13.5. The quantitative estimate of drug-likeness (QED) is 0.791. The number of carbonyl (C=O) groups is 2. The van der Waals surface area contributed by atoms with E-state index in [9.17, 15) is 9.59 Å². The van der Waals surface area contributed by atoms with Crippen LogP contribution in [0.15, 0.2) is 18.2 Å². The number of amides is 1. The van der Waals surface area contributed by atoms with Gasteiger partial charge in [0.05, 0.1) is 13.7 Å². The molecule has 0 aliphatic rings. The van der Waals surface area contributed by atoms with Gasteiger partial charge in [0.25, 0.3) is 0 Å². The van der Waals surface area contributed by atoms with E-state index in [-0.39, 0.29) is 24.3 Å². The molecule has 1 atom stereocenters. The average Bonchev–Trinajstić information content (AvgIpc) is 2.41. The topological polar surface area (TPSA) is 67.4 Å². The first-order chi connectivity index (χ1) is 9.85. The van der Waals surface area contributed by atoms with Gasteiger partial charge in [0.15, 0.2) is 0 Å². The second-order valence-corrected chi connectivity index (χ2v) is 5.57. The summed E-state index contributed by atoms with van der Waals surface area (Å²) in [5.41, 5.74) is 1.58. The minimum atomic E-state index is -0.507. The van der Waals surface area contributed by atoms with Gasteiger partial charge in [-0.1, -0.05) is 25.4 Å². The molecule has 6 heteroatoms. The van der Waals surface area contributed by atoms with E-state index in [0.717, 1.165) is 5.56 Å². The Hall–Kier alpha value is -1.59. The second-order valence-electron chi connectivity index (χ2n) is 5.13. The molecule has 21 heavy (non-hydrogen) atoms. The van der Waals surface area contributed by atoms with Gasteiger partial charge >= 0.3 is 5.97 Å². The van der Waals surface area contributed by atoms with Crippen molar-refractivity contribution in [2.24, 2.45) is 5.92 Å². The number of benzene rings is 1. The third-order valence-electron chi connectivity index (χ3n) is 3.07. The Morgan fingerprint density at radius 1 is 1.33 bits per heavy atom. The normalized spacial score (nSPS) is 12.1. The van der Waals surface area contributed by atoms with Crippen LogP contribution in [0.5, 0.6) is 0 Å². The van der Waals surface area contributed by atoms with Crippen LogP contribution in [-0.2, 0) is 14.3 Å². The first kappa shape index (κ1) is 17.5. The highest BCUT2D eigenvalue weighted by Crippen LogP contribution is 2.19. The number of ether oxygens (including phenoxy) is 1. The van der Waals surface area contributed by atoms with Crippen LogP contribution in [0.3, 0.4) is 0 Å². The fourth-order valence-electron chi connectivity index (χ4n) is 1.88. The highest BCUT2D eigenvalue weighted by molar-refractivity contribution is 6.30. The van der Waals surface area contributed by atoms with Gasteiger partial charge in [0.2, 0.25) is 5.91 Å². The van der Waals surface area contributed by atoms with Crippen LogP contribution < -0.4 is 10.6 Å². The molecule has 1 aromatic carbocycles. The molecule has 5 nitrogen and oxygen atoms in total. The van der Waals surface area contributed by atoms with E-state index in [2.05, 4.69) is 10.6 Å². The van der Waals surface area contributed by atoms with Crippen molar-refractivity contribution in [1.29, 1.82) is 0 Å². The van der Waals surface area contributed by atoms with Crippen LogP contribution in [0, 0.1) is 12.8 Å². The van der Waals surface area contributed by atoms with E-state index in [1.165, 1.54) is 7.11 Å². The molecule has 1 rings (SSSR count). The first-order valence-electron chi connectivity index (χ1n) is 6.72. The number of halogens is 1. The van der Waals surface area contributed by atoms with Crippen LogP contribution >= 0.6 is 11.6 Å². The number of rotatable bonds is 6. The van der Waals surface area contributed by atoms with Crippen LogP contribution in [-0.4, -0.2) is 31.6 Å². The molecule has 0 spiro atoms. The fourth-order valence-corrected chi connectivity index (χ4v) is 2.11. The van der Waals surface area contributed by atoms with Crippen molar-refractivity contribution in [3.8, 4) is 0 Å². The largest absolute Gasteiger partial charge is 0.468 e. The Kier molecular flexibility index (Phi) is 6.65. The lowest BCUT2D eigenvalue weighted by Crippen LogP contribution is -2.45. The summed E-state index contributed by atoms with van der Waals surface area (Å²) in [5, 5.41) is 6.30. The first-order valence-corrected chi connectivity index (χ1v) is 7.10. The molecule has 0 saturated heterocycles. The van der Waals surface area contributed by atoms with Gasteiger partial charge in [-0.25, -0.2) is 0 Å². The Bertz CT molecular complexity index is 518. The Morgan fingerprint density at radius 2 is 2.00 bits per heavy atom. The molecule has 0 aliphatic carbocycles. The smallest absolute Gasteiger partial charge is 0.323 e. The molecule has 1 amide bonds. The average molecular weight is 313 g/mol. The number of hydrogen-bond acceptors (Lipinski definition) is 4. The number of esters is 1. The van der Waals surface area contributed by atoms with Crippen molar-refractivity contribution in [3.63, 3.8) is 0 Å². The molecular weight excluding hydrogens is 292 g/mol. The van der Waals surface area contributed by atoms with Crippen molar-refractivity contribution in [2.75, 3.05) is 19.0 Å². The molecule has 0 saturated carbocycles. The predicted octanol–water partition coefficient (Wildman–Crippen LogP) is 2.37. The lowest BCUT2D eigenvalue weighted by atomic mass is 10.0. The molecule has 1 unspecified atom stereocenters. The number of anilines is 1. The molecule has 0 fully saturated rings. The number of methoxy groups -OCH3 is 1. The fraction of sp³-hybridized carbons (Fsp3) is 0.467. The Balaban J connectivity index is 2.59. The maximum atomic E-state index is 11.9. The summed E-state index contributed by atoms with van der Waals surface area (Å²) in [7, 11) is 1.33. The predicted molar refractivity (Wildman–Crippen MR) is 83.5 cm³/mol. The zero-order chi connectivity index (χ0) is 16.0.